The minimum Gasteiger partial charge on any atom is -0.505 e. The summed E-state index contributed by atoms with van der Waals surface area (Å²) in [6.07, 6.45) is 0.921. The molecule has 1 N–H and O–H groups in total. The summed E-state index contributed by atoms with van der Waals surface area (Å²) < 4.78 is 13.2. The minimum absolute atomic E-state index is 0.194. The topological polar surface area (TPSA) is 20.2 Å². The third-order valence-electron chi connectivity index (χ3n) is 2.63. The molecule has 0 radical (unpaired) electrons. The van der Waals surface area contributed by atoms with E-state index >= 15 is 0 Å². The first-order valence-corrected chi connectivity index (χ1v) is 5.32. The van der Waals surface area contributed by atoms with Crippen molar-refractivity contribution in [2.24, 2.45) is 5.92 Å². The van der Waals surface area contributed by atoms with Gasteiger partial charge in [0.05, 0.1) is 0 Å². The van der Waals surface area contributed by atoms with Crippen molar-refractivity contribution in [3.05, 3.63) is 29.6 Å². The zero-order chi connectivity index (χ0) is 11.6. The molecular weight excluding hydrogens is 191 g/mol. The van der Waals surface area contributed by atoms with E-state index in [1.165, 1.54) is 6.07 Å². The van der Waals surface area contributed by atoms with E-state index < -0.39 is 5.82 Å². The van der Waals surface area contributed by atoms with E-state index in [1.54, 1.807) is 12.1 Å². The van der Waals surface area contributed by atoms with Crippen molar-refractivity contribution in [2.75, 3.05) is 0 Å². The van der Waals surface area contributed by atoms with Crippen LogP contribution in [0.25, 0.3) is 0 Å². The Labute approximate surface area is 90.9 Å². The monoisotopic (exact) mass is 210 g/mol. The predicted octanol–water partition coefficient (Wildman–Crippen LogP) is 3.86. The first kappa shape index (κ1) is 12.0. The fourth-order valence-corrected chi connectivity index (χ4v) is 2.19. The number of phenolic OH excluding ortho intramolecular Hbond substituents is 1. The number of para-hydroxylation sites is 1. The van der Waals surface area contributed by atoms with Crippen molar-refractivity contribution in [3.63, 3.8) is 0 Å². The van der Waals surface area contributed by atoms with Crippen LogP contribution in [0.4, 0.5) is 4.39 Å². The van der Waals surface area contributed by atoms with Gasteiger partial charge in [-0.2, -0.15) is 0 Å². The summed E-state index contributed by atoms with van der Waals surface area (Å²) in [7, 11) is 0. The Morgan fingerprint density at radius 2 is 1.93 bits per heavy atom. The smallest absolute Gasteiger partial charge is 0.165 e. The van der Waals surface area contributed by atoms with Gasteiger partial charge in [0.25, 0.3) is 0 Å². The van der Waals surface area contributed by atoms with Crippen molar-refractivity contribution in [1.29, 1.82) is 0 Å². The second kappa shape index (κ2) is 4.21. The molecule has 0 heterocycles. The molecule has 0 unspecified atom stereocenters. The average molecular weight is 210 g/mol. The minimum atomic E-state index is -0.538. The van der Waals surface area contributed by atoms with E-state index in [0.717, 1.165) is 6.42 Å². The van der Waals surface area contributed by atoms with E-state index in [4.69, 9.17) is 0 Å². The molecule has 0 aliphatic heterocycles. The molecule has 1 rings (SSSR count). The highest BCUT2D eigenvalue weighted by Crippen LogP contribution is 2.36. The van der Waals surface area contributed by atoms with Crippen LogP contribution in [0.15, 0.2) is 18.2 Å². The van der Waals surface area contributed by atoms with Gasteiger partial charge >= 0.3 is 0 Å². The number of aromatic hydroxyl groups is 1. The highest BCUT2D eigenvalue weighted by molar-refractivity contribution is 5.38. The summed E-state index contributed by atoms with van der Waals surface area (Å²) >= 11 is 0. The molecule has 15 heavy (non-hydrogen) atoms. The molecule has 0 saturated carbocycles. The van der Waals surface area contributed by atoms with Gasteiger partial charge in [-0.25, -0.2) is 4.39 Å². The van der Waals surface area contributed by atoms with Gasteiger partial charge in [0.15, 0.2) is 11.6 Å². The van der Waals surface area contributed by atoms with Crippen LogP contribution < -0.4 is 0 Å². The van der Waals surface area contributed by atoms with Crippen molar-refractivity contribution in [2.45, 2.75) is 39.5 Å². The quantitative estimate of drug-likeness (QED) is 0.803. The fraction of sp³-hybridized carbons (Fsp3) is 0.538. The zero-order valence-corrected chi connectivity index (χ0v) is 9.84. The molecule has 0 saturated heterocycles. The lowest BCUT2D eigenvalue weighted by atomic mass is 9.77. The molecule has 1 nitrogen and oxygen atoms in total. The summed E-state index contributed by atoms with van der Waals surface area (Å²) in [5.41, 5.74) is 0.497. The third-order valence-corrected chi connectivity index (χ3v) is 2.63. The van der Waals surface area contributed by atoms with E-state index in [2.05, 4.69) is 13.8 Å². The fourth-order valence-electron chi connectivity index (χ4n) is 2.19. The highest BCUT2D eigenvalue weighted by atomic mass is 19.1. The maximum atomic E-state index is 13.2. The van der Waals surface area contributed by atoms with Crippen molar-refractivity contribution in [3.8, 4) is 5.75 Å². The van der Waals surface area contributed by atoms with Gasteiger partial charge in [0.2, 0.25) is 0 Å². The predicted molar refractivity (Wildman–Crippen MR) is 60.5 cm³/mol. The number of hydrogen-bond acceptors (Lipinski definition) is 1. The van der Waals surface area contributed by atoms with E-state index in [0.29, 0.717) is 11.5 Å². The average Bonchev–Trinajstić information content (AvgIpc) is 2.07. The summed E-state index contributed by atoms with van der Waals surface area (Å²) in [6, 6.07) is 4.72. The van der Waals surface area contributed by atoms with E-state index in [1.807, 2.05) is 13.8 Å². The van der Waals surface area contributed by atoms with Crippen molar-refractivity contribution >= 4 is 0 Å². The second-order valence-corrected chi connectivity index (χ2v) is 5.12. The molecule has 84 valence electrons. The Morgan fingerprint density at radius 3 is 2.47 bits per heavy atom. The lowest BCUT2D eigenvalue weighted by Gasteiger charge is -2.28. The van der Waals surface area contributed by atoms with Gasteiger partial charge in [0, 0.05) is 5.56 Å². The molecule has 0 aromatic heterocycles. The summed E-state index contributed by atoms with van der Waals surface area (Å²) in [5, 5.41) is 9.67. The highest BCUT2D eigenvalue weighted by Gasteiger charge is 2.26. The zero-order valence-electron chi connectivity index (χ0n) is 9.84. The molecule has 1 aromatic rings. The van der Waals surface area contributed by atoms with Crippen molar-refractivity contribution < 1.29 is 9.50 Å². The van der Waals surface area contributed by atoms with Crippen LogP contribution in [0, 0.1) is 11.7 Å². The Bertz CT molecular complexity index is 342. The van der Waals surface area contributed by atoms with Crippen LogP contribution in [0.2, 0.25) is 0 Å². The molecule has 0 aliphatic rings. The molecule has 0 bridgehead atoms. The number of phenols is 1. The second-order valence-electron chi connectivity index (χ2n) is 5.12. The maximum absolute atomic E-state index is 13.2. The van der Waals surface area contributed by atoms with Crippen LogP contribution in [0.1, 0.15) is 39.7 Å². The van der Waals surface area contributed by atoms with Gasteiger partial charge in [-0.3, -0.25) is 0 Å². The maximum Gasteiger partial charge on any atom is 0.165 e. The molecule has 0 atom stereocenters. The summed E-state index contributed by atoms with van der Waals surface area (Å²) in [6.45, 7) is 8.30. The van der Waals surface area contributed by atoms with E-state index in [9.17, 15) is 9.50 Å². The number of benzene rings is 1. The van der Waals surface area contributed by atoms with Gasteiger partial charge in [-0.05, 0) is 23.8 Å². The van der Waals surface area contributed by atoms with Crippen LogP contribution >= 0.6 is 0 Å². The largest absolute Gasteiger partial charge is 0.505 e. The summed E-state index contributed by atoms with van der Waals surface area (Å²) in [4.78, 5) is 0. The Balaban J connectivity index is 3.09. The van der Waals surface area contributed by atoms with Crippen molar-refractivity contribution in [1.82, 2.24) is 0 Å². The van der Waals surface area contributed by atoms with Gasteiger partial charge < -0.3 is 5.11 Å². The summed E-state index contributed by atoms with van der Waals surface area (Å²) in [5.74, 6) is -0.227. The first-order chi connectivity index (χ1) is 6.84. The molecule has 0 amide bonds. The molecule has 1 aromatic carbocycles. The lowest BCUT2D eigenvalue weighted by molar-refractivity contribution is 0.364. The normalized spacial score (nSPS) is 12.1. The van der Waals surface area contributed by atoms with Gasteiger partial charge in [-0.15, -0.1) is 0 Å². The van der Waals surface area contributed by atoms with Gasteiger partial charge in [0.1, 0.15) is 0 Å². The van der Waals surface area contributed by atoms with Crippen LogP contribution in [-0.4, -0.2) is 5.11 Å². The van der Waals surface area contributed by atoms with Crippen LogP contribution in [0.5, 0.6) is 5.75 Å². The van der Waals surface area contributed by atoms with Crippen LogP contribution in [-0.2, 0) is 5.41 Å². The Hall–Kier alpha value is -1.05. The van der Waals surface area contributed by atoms with E-state index in [-0.39, 0.29) is 11.2 Å². The standard InChI is InChI=1S/C13H19FO/c1-9(2)8-13(3,4)10-6-5-7-11(14)12(10)15/h5-7,9,15H,8H2,1-4H3. The van der Waals surface area contributed by atoms with Crippen LogP contribution in [0.3, 0.4) is 0 Å². The molecule has 0 fully saturated rings. The first-order valence-electron chi connectivity index (χ1n) is 5.32. The SMILES string of the molecule is CC(C)CC(C)(C)c1cccc(F)c1O. The molecule has 0 aliphatic carbocycles. The Morgan fingerprint density at radius 1 is 1.33 bits per heavy atom. The number of rotatable bonds is 3. The molecule has 0 spiro atoms. The van der Waals surface area contributed by atoms with Gasteiger partial charge in [-0.1, -0.05) is 39.8 Å². The third kappa shape index (κ3) is 2.71. The molecular formula is C13H19FO. The molecule has 2 heteroatoms. The Kier molecular flexibility index (Phi) is 3.38. The number of hydrogen-bond donors (Lipinski definition) is 1. The number of halogens is 1. The lowest BCUT2D eigenvalue weighted by Crippen LogP contribution is -2.20.